The molecule has 0 aliphatic carbocycles. The molecule has 14 nitrogen and oxygen atoms in total. The number of aliphatic hydroxyl groups is 2. The van der Waals surface area contributed by atoms with Crippen LogP contribution < -0.4 is 16.7 Å². The summed E-state index contributed by atoms with van der Waals surface area (Å²) in [5, 5.41) is 33.9. The van der Waals surface area contributed by atoms with Gasteiger partial charge in [0.15, 0.2) is 0 Å². The molecule has 41 heavy (non-hydrogen) atoms. The van der Waals surface area contributed by atoms with Gasteiger partial charge in [0.1, 0.15) is 24.4 Å². The second kappa shape index (κ2) is 13.0. The largest absolute Gasteiger partial charge is 0.394 e. The third-order valence-electron chi connectivity index (χ3n) is 6.34. The number of nitrogens with zero attached hydrogens (tertiary/aromatic N) is 7. The normalized spacial score (nSPS) is 18.2. The number of nitrogens with one attached hydrogen (secondary N) is 1. The molecule has 0 radical (unpaired) electrons. The van der Waals surface area contributed by atoms with E-state index in [4.69, 9.17) is 15.6 Å². The van der Waals surface area contributed by atoms with Crippen LogP contribution in [0.25, 0.3) is 0 Å². The molecule has 3 atom stereocenters. The van der Waals surface area contributed by atoms with Crippen LogP contribution >= 0.6 is 0 Å². The number of rotatable bonds is 6. The number of aromatic nitrogens is 5. The predicted molar refractivity (Wildman–Crippen MR) is 150 cm³/mol. The molecular weight excluding hydrogens is 530 g/mol. The third kappa shape index (κ3) is 7.25. The smallest absolute Gasteiger partial charge is 0.354 e. The molecule has 0 bridgehead atoms. The number of amides is 1. The maximum absolute atomic E-state index is 12.3. The second-order valence-corrected chi connectivity index (χ2v) is 9.30. The first-order chi connectivity index (χ1) is 19.7. The van der Waals surface area contributed by atoms with Gasteiger partial charge in [0.25, 0.3) is 5.91 Å². The van der Waals surface area contributed by atoms with Gasteiger partial charge in [-0.2, -0.15) is 20.3 Å². The molecule has 2 aromatic carbocycles. The van der Waals surface area contributed by atoms with Crippen molar-refractivity contribution >= 4 is 28.9 Å². The van der Waals surface area contributed by atoms with Crippen LogP contribution in [0.2, 0.25) is 0 Å². The minimum atomic E-state index is -0.806. The van der Waals surface area contributed by atoms with Gasteiger partial charge in [0.2, 0.25) is 5.95 Å². The van der Waals surface area contributed by atoms with E-state index >= 15 is 0 Å². The molecular formula is C27H31N9O5. The van der Waals surface area contributed by atoms with Crippen molar-refractivity contribution in [1.29, 1.82) is 0 Å². The van der Waals surface area contributed by atoms with Crippen LogP contribution in [0.4, 0.5) is 23.0 Å². The number of azo groups is 1. The van der Waals surface area contributed by atoms with Crippen molar-refractivity contribution in [3.8, 4) is 0 Å². The number of nitrogen functional groups attached to an aromatic ring is 1. The molecule has 0 spiro atoms. The summed E-state index contributed by atoms with van der Waals surface area (Å²) in [6.07, 6.45) is 0.853. The monoisotopic (exact) mass is 561 g/mol. The summed E-state index contributed by atoms with van der Waals surface area (Å²) >= 11 is 0. The Morgan fingerprint density at radius 3 is 2.59 bits per heavy atom. The van der Waals surface area contributed by atoms with Gasteiger partial charge in [0, 0.05) is 25.4 Å². The van der Waals surface area contributed by atoms with E-state index in [1.165, 1.54) is 11.0 Å². The molecule has 5 rings (SSSR count). The highest BCUT2D eigenvalue weighted by atomic mass is 16.5. The number of hydrogen-bond donors (Lipinski definition) is 4. The highest BCUT2D eigenvalue weighted by Gasteiger charge is 2.35. The zero-order chi connectivity index (χ0) is 29.5. The Morgan fingerprint density at radius 2 is 1.95 bits per heavy atom. The first-order valence-electron chi connectivity index (χ1n) is 12.7. The van der Waals surface area contributed by atoms with Gasteiger partial charge in [-0.25, -0.2) is 9.78 Å². The number of carbonyl (C=O) groups is 1. The van der Waals surface area contributed by atoms with Crippen LogP contribution in [0.15, 0.2) is 76.1 Å². The molecule has 214 valence electrons. The Balaban J connectivity index is 0.000000208. The number of benzene rings is 2. The Morgan fingerprint density at radius 1 is 1.17 bits per heavy atom. The number of aliphatic hydroxyl groups excluding tert-OH is 2. The van der Waals surface area contributed by atoms with Gasteiger partial charge in [-0.15, -0.1) is 0 Å². The van der Waals surface area contributed by atoms with E-state index in [-0.39, 0.29) is 24.9 Å². The fourth-order valence-corrected chi connectivity index (χ4v) is 4.02. The standard InChI is InChI=1S/C19H19N5O.C8H12N4O4/c1-13-6-4-5-7-17(13)23-22-15-8-9-16(14(2)12-15)21-19(25)18-10-11-20-24(18)3;9-7-10-3-12(8(15)11-7)6-1-4(14)5(2-13)16-6/h4-12H,1-3H3,(H,21,25);3-6,13-14H,1-2H2,(H2,9,11,15). The highest BCUT2D eigenvalue weighted by molar-refractivity contribution is 6.03. The van der Waals surface area contributed by atoms with E-state index < -0.39 is 24.1 Å². The first kappa shape index (κ1) is 29.2. The van der Waals surface area contributed by atoms with Gasteiger partial charge < -0.3 is 26.0 Å². The molecule has 5 N–H and O–H groups in total. The van der Waals surface area contributed by atoms with E-state index in [1.807, 2.05) is 56.3 Å². The van der Waals surface area contributed by atoms with E-state index in [9.17, 15) is 14.7 Å². The minimum absolute atomic E-state index is 0.112. The lowest BCUT2D eigenvalue weighted by Gasteiger charge is -2.13. The molecule has 1 aliphatic heterocycles. The van der Waals surface area contributed by atoms with E-state index in [2.05, 4.69) is 30.6 Å². The molecule has 1 saturated heterocycles. The van der Waals surface area contributed by atoms with Gasteiger partial charge in [-0.1, -0.05) is 18.2 Å². The summed E-state index contributed by atoms with van der Waals surface area (Å²) in [7, 11) is 1.73. The fraction of sp³-hybridized carbons (Fsp3) is 0.296. The van der Waals surface area contributed by atoms with E-state index in [0.29, 0.717) is 5.69 Å². The average molecular weight is 562 g/mol. The van der Waals surface area contributed by atoms with Gasteiger partial charge in [-0.05, 0) is 55.3 Å². The molecule has 3 unspecified atom stereocenters. The Hall–Kier alpha value is -4.79. The lowest BCUT2D eigenvalue weighted by atomic mass is 10.1. The zero-order valence-corrected chi connectivity index (χ0v) is 22.7. The lowest BCUT2D eigenvalue weighted by molar-refractivity contribution is -0.0462. The van der Waals surface area contributed by atoms with Crippen LogP contribution in [0, 0.1) is 13.8 Å². The van der Waals surface area contributed by atoms with Crippen LogP contribution in [-0.2, 0) is 11.8 Å². The number of anilines is 2. The van der Waals surface area contributed by atoms with Gasteiger partial charge >= 0.3 is 5.69 Å². The average Bonchev–Trinajstić information content (AvgIpc) is 3.54. The molecule has 4 aromatic rings. The molecule has 2 aromatic heterocycles. The zero-order valence-electron chi connectivity index (χ0n) is 22.7. The summed E-state index contributed by atoms with van der Waals surface area (Å²) in [4.78, 5) is 30.8. The number of hydrogen-bond acceptors (Lipinski definition) is 11. The van der Waals surface area contributed by atoms with Crippen molar-refractivity contribution < 1.29 is 19.7 Å². The molecule has 14 heteroatoms. The van der Waals surface area contributed by atoms with Crippen LogP contribution in [0.1, 0.15) is 34.3 Å². The summed E-state index contributed by atoms with van der Waals surface area (Å²) in [6, 6.07) is 15.0. The summed E-state index contributed by atoms with van der Waals surface area (Å²) in [5.74, 6) is -0.309. The first-order valence-corrected chi connectivity index (χ1v) is 12.7. The van der Waals surface area contributed by atoms with Crippen molar-refractivity contribution in [2.75, 3.05) is 17.7 Å². The number of aryl methyl sites for hydroxylation is 3. The summed E-state index contributed by atoms with van der Waals surface area (Å²) in [6.45, 7) is 3.62. The molecule has 0 saturated carbocycles. The van der Waals surface area contributed by atoms with Crippen molar-refractivity contribution in [3.05, 3.63) is 88.4 Å². The molecule has 1 fully saturated rings. The van der Waals surface area contributed by atoms with Crippen molar-refractivity contribution in [1.82, 2.24) is 24.3 Å². The van der Waals surface area contributed by atoms with Gasteiger partial charge in [-0.3, -0.25) is 14.0 Å². The van der Waals surface area contributed by atoms with Gasteiger partial charge in [0.05, 0.1) is 24.1 Å². The molecule has 3 heterocycles. The Bertz CT molecular complexity index is 1600. The van der Waals surface area contributed by atoms with Crippen LogP contribution in [0.5, 0.6) is 0 Å². The predicted octanol–water partition coefficient (Wildman–Crippen LogP) is 2.57. The quantitative estimate of drug-likeness (QED) is 0.256. The molecule has 1 amide bonds. The van der Waals surface area contributed by atoms with Crippen molar-refractivity contribution in [2.24, 2.45) is 17.3 Å². The maximum Gasteiger partial charge on any atom is 0.354 e. The SMILES string of the molecule is Cc1ccccc1N=Nc1ccc(NC(=O)c2ccnn2C)c(C)c1.Nc1ncn(C2CC(O)C(CO)O2)c(=O)n1. The topological polar surface area (TPSA) is 195 Å². The number of nitrogens with two attached hydrogens (primary N) is 1. The van der Waals surface area contributed by atoms with Crippen molar-refractivity contribution in [3.63, 3.8) is 0 Å². The number of ether oxygens (including phenoxy) is 1. The summed E-state index contributed by atoms with van der Waals surface area (Å²) < 4.78 is 7.94. The maximum atomic E-state index is 12.3. The van der Waals surface area contributed by atoms with E-state index in [0.717, 1.165) is 32.8 Å². The molecule has 1 aliphatic rings. The Labute approximate surface area is 235 Å². The van der Waals surface area contributed by atoms with Crippen LogP contribution in [0.3, 0.4) is 0 Å². The van der Waals surface area contributed by atoms with Crippen LogP contribution in [-0.4, -0.2) is 59.3 Å². The second-order valence-electron chi connectivity index (χ2n) is 9.30. The summed E-state index contributed by atoms with van der Waals surface area (Å²) in [5.41, 5.74) is 9.45. The van der Waals surface area contributed by atoms with Crippen molar-refractivity contribution in [2.45, 2.75) is 38.7 Å². The minimum Gasteiger partial charge on any atom is -0.394 e. The number of carbonyl (C=O) groups excluding carboxylic acids is 1. The Kier molecular flexibility index (Phi) is 9.29. The third-order valence-corrected chi connectivity index (χ3v) is 6.34. The lowest BCUT2D eigenvalue weighted by Crippen LogP contribution is -2.28. The fourth-order valence-electron chi connectivity index (χ4n) is 4.02. The van der Waals surface area contributed by atoms with E-state index in [1.54, 1.807) is 19.3 Å². The highest BCUT2D eigenvalue weighted by Crippen LogP contribution is 2.27.